The van der Waals surface area contributed by atoms with Crippen molar-refractivity contribution < 1.29 is 26.8 Å². The Kier molecular flexibility index (Phi) is 10.0. The van der Waals surface area contributed by atoms with Crippen LogP contribution in [0.15, 0.2) is 72.8 Å². The molecule has 0 unspecified atom stereocenters. The molecule has 3 rings (SSSR count). The molecule has 1 atom stereocenters. The number of halogens is 3. The molecule has 0 aliphatic rings. The van der Waals surface area contributed by atoms with E-state index in [1.165, 1.54) is 4.90 Å². The lowest BCUT2D eigenvalue weighted by Crippen LogP contribution is -2.54. The molecule has 7 nitrogen and oxygen atoms in total. The molecule has 0 spiro atoms. The Hall–Kier alpha value is -3.50. The van der Waals surface area contributed by atoms with Gasteiger partial charge in [-0.15, -0.1) is 0 Å². The molecular weight excluding hydrogens is 548 g/mol. The van der Waals surface area contributed by atoms with Crippen LogP contribution < -0.4 is 9.62 Å². The van der Waals surface area contributed by atoms with Gasteiger partial charge in [0.15, 0.2) is 11.6 Å². The molecule has 0 aliphatic heterocycles. The van der Waals surface area contributed by atoms with Crippen molar-refractivity contribution in [2.45, 2.75) is 38.9 Å². The molecule has 2 amide bonds. The van der Waals surface area contributed by atoms with Crippen LogP contribution in [0.3, 0.4) is 0 Å². The van der Waals surface area contributed by atoms with Crippen molar-refractivity contribution in [1.29, 1.82) is 0 Å². The Bertz CT molecular complexity index is 1420. The summed E-state index contributed by atoms with van der Waals surface area (Å²) in [5, 5.41) is 3.26. The fourth-order valence-electron chi connectivity index (χ4n) is 4.02. The molecule has 0 saturated heterocycles. The van der Waals surface area contributed by atoms with Crippen LogP contribution in [-0.4, -0.2) is 50.0 Å². The highest BCUT2D eigenvalue weighted by molar-refractivity contribution is 7.92. The summed E-state index contributed by atoms with van der Waals surface area (Å²) in [5.74, 6) is -3.56. The molecule has 3 aromatic carbocycles. The van der Waals surface area contributed by atoms with E-state index in [4.69, 9.17) is 11.6 Å². The van der Waals surface area contributed by atoms with E-state index < -0.39 is 46.1 Å². The molecule has 0 aromatic heterocycles. The van der Waals surface area contributed by atoms with Gasteiger partial charge in [0.1, 0.15) is 12.6 Å². The van der Waals surface area contributed by atoms with Crippen molar-refractivity contribution in [2.24, 2.45) is 0 Å². The largest absolute Gasteiger partial charge is 0.352 e. The maximum Gasteiger partial charge on any atom is 0.244 e. The van der Waals surface area contributed by atoms with Crippen LogP contribution in [0.25, 0.3) is 0 Å². The number of anilines is 1. The Morgan fingerprint density at radius 3 is 2.18 bits per heavy atom. The van der Waals surface area contributed by atoms with Gasteiger partial charge in [-0.2, -0.15) is 0 Å². The van der Waals surface area contributed by atoms with Crippen LogP contribution in [-0.2, 0) is 32.6 Å². The number of sulfonamides is 1. The van der Waals surface area contributed by atoms with Crippen molar-refractivity contribution in [1.82, 2.24) is 10.2 Å². The molecule has 11 heteroatoms. The molecule has 3 aromatic rings. The van der Waals surface area contributed by atoms with Crippen LogP contribution in [0, 0.1) is 11.6 Å². The summed E-state index contributed by atoms with van der Waals surface area (Å²) in [6.07, 6.45) is 1.01. The highest BCUT2D eigenvalue weighted by Crippen LogP contribution is 2.23. The Balaban J connectivity index is 2.07. The van der Waals surface area contributed by atoms with Crippen molar-refractivity contribution in [3.8, 4) is 0 Å². The third-order valence-corrected chi connectivity index (χ3v) is 7.19. The number of hydrogen-bond donors (Lipinski definition) is 1. The van der Waals surface area contributed by atoms with Gasteiger partial charge in [0.05, 0.1) is 11.9 Å². The van der Waals surface area contributed by atoms with Crippen molar-refractivity contribution in [3.05, 3.63) is 101 Å². The third kappa shape index (κ3) is 8.49. The number of nitrogens with one attached hydrogen (secondary N) is 1. The van der Waals surface area contributed by atoms with Gasteiger partial charge in [-0.1, -0.05) is 54.1 Å². The first-order valence-corrected chi connectivity index (χ1v) is 14.4. The van der Waals surface area contributed by atoms with E-state index in [1.54, 1.807) is 38.1 Å². The molecule has 0 aliphatic carbocycles. The molecule has 0 radical (unpaired) electrons. The fourth-order valence-corrected chi connectivity index (χ4v) is 5.07. The summed E-state index contributed by atoms with van der Waals surface area (Å²) in [5.41, 5.74) is 1.18. The Labute approximate surface area is 232 Å². The van der Waals surface area contributed by atoms with Gasteiger partial charge in [0.2, 0.25) is 21.8 Å². The first-order valence-electron chi connectivity index (χ1n) is 12.2. The topological polar surface area (TPSA) is 86.8 Å². The summed E-state index contributed by atoms with van der Waals surface area (Å²) < 4.78 is 53.6. The highest BCUT2D eigenvalue weighted by atomic mass is 35.5. The number of hydrogen-bond acceptors (Lipinski definition) is 4. The monoisotopic (exact) mass is 577 g/mol. The standard InChI is InChI=1S/C28H30ClF2N3O4S/c1-19(2)32-28(36)26(15-20-8-5-4-6-9-20)33(17-21-10-7-11-22(29)14-21)27(35)18-34(39(3,37)38)23-12-13-24(30)25(31)16-23/h4-14,16,19,26H,15,17-18H2,1-3H3,(H,32,36)/t26-/m0/s1. The molecule has 0 heterocycles. The van der Waals surface area contributed by atoms with Gasteiger partial charge in [0, 0.05) is 30.1 Å². The second kappa shape index (κ2) is 13.0. The number of rotatable bonds is 11. The maximum atomic E-state index is 14.0. The summed E-state index contributed by atoms with van der Waals surface area (Å²) in [7, 11) is -4.10. The first kappa shape index (κ1) is 30.0. The second-order valence-electron chi connectivity index (χ2n) is 9.39. The lowest BCUT2D eigenvalue weighted by atomic mass is 10.0. The number of carbonyl (C=O) groups excluding carboxylic acids is 2. The second-order valence-corrected chi connectivity index (χ2v) is 11.7. The molecule has 0 saturated carbocycles. The number of amides is 2. The predicted molar refractivity (Wildman–Crippen MR) is 148 cm³/mol. The predicted octanol–water partition coefficient (Wildman–Crippen LogP) is 4.55. The molecule has 208 valence electrons. The van der Waals surface area contributed by atoms with E-state index in [1.807, 2.05) is 30.3 Å². The molecule has 0 bridgehead atoms. The van der Waals surface area contributed by atoms with Crippen LogP contribution in [0.4, 0.5) is 14.5 Å². The van der Waals surface area contributed by atoms with Gasteiger partial charge in [-0.3, -0.25) is 13.9 Å². The van der Waals surface area contributed by atoms with Gasteiger partial charge >= 0.3 is 0 Å². The summed E-state index contributed by atoms with van der Waals surface area (Å²) in [6.45, 7) is 2.77. The van der Waals surface area contributed by atoms with Crippen LogP contribution in [0.1, 0.15) is 25.0 Å². The molecule has 0 fully saturated rings. The van der Waals surface area contributed by atoms with Gasteiger partial charge in [-0.25, -0.2) is 17.2 Å². The Morgan fingerprint density at radius 1 is 0.923 bits per heavy atom. The first-order chi connectivity index (χ1) is 18.3. The highest BCUT2D eigenvalue weighted by Gasteiger charge is 2.33. The lowest BCUT2D eigenvalue weighted by Gasteiger charge is -2.34. The van der Waals surface area contributed by atoms with Crippen LogP contribution >= 0.6 is 11.6 Å². The summed E-state index contributed by atoms with van der Waals surface area (Å²) >= 11 is 6.16. The maximum absolute atomic E-state index is 14.0. The third-order valence-electron chi connectivity index (χ3n) is 5.81. The van der Waals surface area contributed by atoms with Gasteiger partial charge in [0.25, 0.3) is 0 Å². The van der Waals surface area contributed by atoms with Crippen LogP contribution in [0.5, 0.6) is 0 Å². The quantitative estimate of drug-likeness (QED) is 0.362. The summed E-state index contributed by atoms with van der Waals surface area (Å²) in [4.78, 5) is 28.6. The van der Waals surface area contributed by atoms with E-state index in [-0.39, 0.29) is 24.7 Å². The molecular formula is C28H30ClF2N3O4S. The average molecular weight is 578 g/mol. The van der Waals surface area contributed by atoms with Gasteiger partial charge < -0.3 is 10.2 Å². The minimum absolute atomic E-state index is 0.0577. The SMILES string of the molecule is CC(C)NC(=O)[C@H](Cc1ccccc1)N(Cc1cccc(Cl)c1)C(=O)CN(c1ccc(F)c(F)c1)S(C)(=O)=O. The zero-order valence-electron chi connectivity index (χ0n) is 21.8. The van der Waals surface area contributed by atoms with Crippen LogP contribution in [0.2, 0.25) is 5.02 Å². The lowest BCUT2D eigenvalue weighted by molar-refractivity contribution is -0.140. The fraction of sp³-hybridized carbons (Fsp3) is 0.286. The number of benzene rings is 3. The van der Waals surface area contributed by atoms with E-state index in [0.29, 0.717) is 21.0 Å². The van der Waals surface area contributed by atoms with E-state index in [2.05, 4.69) is 5.32 Å². The molecule has 1 N–H and O–H groups in total. The van der Waals surface area contributed by atoms with Crippen molar-refractivity contribution in [2.75, 3.05) is 17.1 Å². The van der Waals surface area contributed by atoms with E-state index >= 15 is 0 Å². The zero-order chi connectivity index (χ0) is 28.7. The zero-order valence-corrected chi connectivity index (χ0v) is 23.3. The van der Waals surface area contributed by atoms with E-state index in [9.17, 15) is 26.8 Å². The van der Waals surface area contributed by atoms with Crippen molar-refractivity contribution >= 4 is 39.1 Å². The van der Waals surface area contributed by atoms with Crippen molar-refractivity contribution in [3.63, 3.8) is 0 Å². The number of nitrogens with zero attached hydrogens (tertiary/aromatic N) is 2. The molecule has 39 heavy (non-hydrogen) atoms. The Morgan fingerprint density at radius 2 is 1.59 bits per heavy atom. The smallest absolute Gasteiger partial charge is 0.244 e. The number of carbonyl (C=O) groups is 2. The van der Waals surface area contributed by atoms with Gasteiger partial charge in [-0.05, 0) is 49.2 Å². The van der Waals surface area contributed by atoms with E-state index in [0.717, 1.165) is 24.0 Å². The minimum Gasteiger partial charge on any atom is -0.352 e. The normalized spacial score (nSPS) is 12.2. The average Bonchev–Trinajstić information content (AvgIpc) is 2.86. The summed E-state index contributed by atoms with van der Waals surface area (Å²) in [6, 6.07) is 17.1. The minimum atomic E-state index is -4.10.